The van der Waals surface area contributed by atoms with Crippen LogP contribution in [0.5, 0.6) is 0 Å². The van der Waals surface area contributed by atoms with E-state index in [0.29, 0.717) is 12.4 Å². The summed E-state index contributed by atoms with van der Waals surface area (Å²) in [6.07, 6.45) is 3.24. The average molecular weight is 205 g/mol. The quantitative estimate of drug-likeness (QED) is 0.720. The molecule has 0 aliphatic heterocycles. The van der Waals surface area contributed by atoms with Gasteiger partial charge in [-0.1, -0.05) is 0 Å². The molecule has 0 radical (unpaired) electrons. The van der Waals surface area contributed by atoms with Crippen molar-refractivity contribution in [2.24, 2.45) is 7.05 Å². The van der Waals surface area contributed by atoms with Gasteiger partial charge >= 0.3 is 0 Å². The van der Waals surface area contributed by atoms with Gasteiger partial charge in [-0.2, -0.15) is 4.98 Å². The van der Waals surface area contributed by atoms with Gasteiger partial charge in [0.05, 0.1) is 6.54 Å². The maximum atomic E-state index is 5.44. The minimum absolute atomic E-state index is 0.248. The number of hydrogen-bond donors (Lipinski definition) is 2. The highest BCUT2D eigenvalue weighted by Gasteiger charge is 2.00. The van der Waals surface area contributed by atoms with E-state index >= 15 is 0 Å². The Morgan fingerprint density at radius 2 is 2.40 bits per heavy atom. The van der Waals surface area contributed by atoms with Crippen molar-refractivity contribution in [3.63, 3.8) is 0 Å². The molecule has 2 aromatic rings. The first-order valence-corrected chi connectivity index (χ1v) is 4.41. The van der Waals surface area contributed by atoms with Crippen LogP contribution in [0.15, 0.2) is 18.6 Å². The van der Waals surface area contributed by atoms with Gasteiger partial charge in [-0.3, -0.25) is 0 Å². The minimum Gasteiger partial charge on any atom is -0.368 e. The zero-order chi connectivity index (χ0) is 10.7. The van der Waals surface area contributed by atoms with E-state index in [-0.39, 0.29) is 5.95 Å². The molecule has 0 unspecified atom stereocenters. The lowest BCUT2D eigenvalue weighted by atomic mass is 10.5. The second-order valence-electron chi connectivity index (χ2n) is 3.01. The molecule has 7 nitrogen and oxygen atoms in total. The molecule has 3 N–H and O–H groups in total. The molecule has 15 heavy (non-hydrogen) atoms. The van der Waals surface area contributed by atoms with Gasteiger partial charge in [-0.25, -0.2) is 4.98 Å². The van der Waals surface area contributed by atoms with Gasteiger partial charge in [0, 0.05) is 13.2 Å². The Morgan fingerprint density at radius 1 is 1.53 bits per heavy atom. The molecule has 0 bridgehead atoms. The normalized spacial score (nSPS) is 10.2. The van der Waals surface area contributed by atoms with Crippen molar-refractivity contribution in [3.8, 4) is 0 Å². The molecule has 0 aromatic carbocycles. The fraction of sp³-hybridized carbons (Fsp3) is 0.250. The van der Waals surface area contributed by atoms with Gasteiger partial charge in [0.1, 0.15) is 12.1 Å². The maximum Gasteiger partial charge on any atom is 0.221 e. The van der Waals surface area contributed by atoms with Crippen LogP contribution in [0.25, 0.3) is 0 Å². The van der Waals surface area contributed by atoms with Crippen LogP contribution >= 0.6 is 0 Å². The molecule has 2 rings (SSSR count). The number of rotatable bonds is 3. The van der Waals surface area contributed by atoms with Crippen LogP contribution in [-0.4, -0.2) is 24.7 Å². The second kappa shape index (κ2) is 3.91. The molecule has 0 aliphatic rings. The smallest absolute Gasteiger partial charge is 0.221 e. The summed E-state index contributed by atoms with van der Waals surface area (Å²) in [5, 5.41) is 10.8. The zero-order valence-electron chi connectivity index (χ0n) is 8.25. The van der Waals surface area contributed by atoms with E-state index in [0.717, 1.165) is 5.82 Å². The van der Waals surface area contributed by atoms with Crippen molar-refractivity contribution in [2.45, 2.75) is 6.54 Å². The number of nitrogen functional groups attached to an aromatic ring is 1. The monoisotopic (exact) mass is 205 g/mol. The van der Waals surface area contributed by atoms with Crippen molar-refractivity contribution in [1.82, 2.24) is 24.7 Å². The van der Waals surface area contributed by atoms with Gasteiger partial charge in [0.25, 0.3) is 0 Å². The average Bonchev–Trinajstić information content (AvgIpc) is 2.61. The Bertz CT molecular complexity index is 450. The van der Waals surface area contributed by atoms with Crippen molar-refractivity contribution in [3.05, 3.63) is 24.4 Å². The van der Waals surface area contributed by atoms with E-state index in [9.17, 15) is 0 Å². The lowest BCUT2D eigenvalue weighted by Gasteiger charge is -2.04. The van der Waals surface area contributed by atoms with Gasteiger partial charge < -0.3 is 15.6 Å². The van der Waals surface area contributed by atoms with Gasteiger partial charge in [-0.15, -0.1) is 10.2 Å². The number of anilines is 2. The van der Waals surface area contributed by atoms with Crippen molar-refractivity contribution >= 4 is 11.8 Å². The summed E-state index contributed by atoms with van der Waals surface area (Å²) in [5.74, 6) is 1.75. The van der Waals surface area contributed by atoms with Crippen molar-refractivity contribution < 1.29 is 0 Å². The highest BCUT2D eigenvalue weighted by atomic mass is 15.3. The summed E-state index contributed by atoms with van der Waals surface area (Å²) in [6.45, 7) is 0.549. The maximum absolute atomic E-state index is 5.44. The molecule has 0 aliphatic carbocycles. The third-order valence-corrected chi connectivity index (χ3v) is 1.91. The third-order valence-electron chi connectivity index (χ3n) is 1.91. The number of aromatic nitrogens is 5. The molecular formula is C8H11N7. The highest BCUT2D eigenvalue weighted by molar-refractivity contribution is 5.37. The van der Waals surface area contributed by atoms with E-state index in [2.05, 4.69) is 25.5 Å². The predicted molar refractivity (Wildman–Crippen MR) is 54.8 cm³/mol. The van der Waals surface area contributed by atoms with Crippen LogP contribution in [0.3, 0.4) is 0 Å². The summed E-state index contributed by atoms with van der Waals surface area (Å²) in [6, 6.07) is 1.74. The highest BCUT2D eigenvalue weighted by Crippen LogP contribution is 2.04. The van der Waals surface area contributed by atoms with Crippen LogP contribution in [-0.2, 0) is 13.6 Å². The van der Waals surface area contributed by atoms with Crippen LogP contribution in [0.1, 0.15) is 5.82 Å². The van der Waals surface area contributed by atoms with E-state index in [1.165, 1.54) is 0 Å². The summed E-state index contributed by atoms with van der Waals surface area (Å²) in [4.78, 5) is 7.80. The summed E-state index contributed by atoms with van der Waals surface area (Å²) in [7, 11) is 1.88. The standard InChI is InChI=1S/C8H11N7/c1-15-5-12-14-7(15)4-11-6-2-3-10-8(9)13-6/h2-3,5H,4H2,1H3,(H3,9,10,11,13). The first kappa shape index (κ1) is 9.38. The van der Waals surface area contributed by atoms with E-state index in [1.807, 2.05) is 11.6 Å². The Kier molecular flexibility index (Phi) is 2.44. The van der Waals surface area contributed by atoms with Crippen molar-refractivity contribution in [1.29, 1.82) is 0 Å². The lowest BCUT2D eigenvalue weighted by molar-refractivity contribution is 0.810. The lowest BCUT2D eigenvalue weighted by Crippen LogP contribution is -2.07. The van der Waals surface area contributed by atoms with E-state index in [4.69, 9.17) is 5.73 Å². The minimum atomic E-state index is 0.248. The molecule has 0 amide bonds. The number of nitrogens with two attached hydrogens (primary N) is 1. The number of aryl methyl sites for hydroxylation is 1. The summed E-state index contributed by atoms with van der Waals surface area (Å²) < 4.78 is 1.83. The molecule has 0 saturated heterocycles. The Hall–Kier alpha value is -2.18. The molecular weight excluding hydrogens is 194 g/mol. The van der Waals surface area contributed by atoms with Crippen LogP contribution in [0.4, 0.5) is 11.8 Å². The molecule has 2 aromatic heterocycles. The Morgan fingerprint density at radius 3 is 3.07 bits per heavy atom. The van der Waals surface area contributed by atoms with Crippen LogP contribution < -0.4 is 11.1 Å². The molecule has 0 spiro atoms. The summed E-state index contributed by atoms with van der Waals surface area (Å²) >= 11 is 0. The van der Waals surface area contributed by atoms with Gasteiger partial charge in [-0.05, 0) is 6.07 Å². The molecule has 7 heteroatoms. The topological polar surface area (TPSA) is 94.5 Å². The number of hydrogen-bond acceptors (Lipinski definition) is 6. The van der Waals surface area contributed by atoms with Crippen LogP contribution in [0.2, 0.25) is 0 Å². The molecule has 78 valence electrons. The predicted octanol–water partition coefficient (Wildman–Crippen LogP) is -0.201. The fourth-order valence-corrected chi connectivity index (χ4v) is 1.11. The van der Waals surface area contributed by atoms with Gasteiger partial charge in [0.2, 0.25) is 5.95 Å². The zero-order valence-corrected chi connectivity index (χ0v) is 8.25. The first-order chi connectivity index (χ1) is 7.25. The fourth-order valence-electron chi connectivity index (χ4n) is 1.11. The SMILES string of the molecule is Cn1cnnc1CNc1ccnc(N)n1. The molecule has 0 saturated carbocycles. The van der Waals surface area contributed by atoms with Gasteiger partial charge in [0.15, 0.2) is 5.82 Å². The largest absolute Gasteiger partial charge is 0.368 e. The van der Waals surface area contributed by atoms with E-state index in [1.54, 1.807) is 18.6 Å². The molecule has 0 atom stereocenters. The second-order valence-corrected chi connectivity index (χ2v) is 3.01. The molecule has 0 fully saturated rings. The number of nitrogens with zero attached hydrogens (tertiary/aromatic N) is 5. The van der Waals surface area contributed by atoms with Crippen molar-refractivity contribution in [2.75, 3.05) is 11.1 Å². The first-order valence-electron chi connectivity index (χ1n) is 4.41. The van der Waals surface area contributed by atoms with E-state index < -0.39 is 0 Å². The Balaban J connectivity index is 2.02. The Labute approximate surface area is 86.4 Å². The van der Waals surface area contributed by atoms with Crippen LogP contribution in [0, 0.1) is 0 Å². The number of nitrogens with one attached hydrogen (secondary N) is 1. The summed E-state index contributed by atoms with van der Waals surface area (Å²) in [5.41, 5.74) is 5.44. The third kappa shape index (κ3) is 2.19. The molecule has 2 heterocycles.